The van der Waals surface area contributed by atoms with Crippen LogP contribution < -0.4 is 19.7 Å². The molecule has 9 rings (SSSR count). The molecule has 6 bridgehead atoms. The minimum Gasteiger partial charge on any atom is -0.508 e. The first kappa shape index (κ1) is 32.6. The third kappa shape index (κ3) is 5.57. The van der Waals surface area contributed by atoms with E-state index in [1.165, 1.54) is 31.4 Å². The molecule has 3 fully saturated rings. The number of rotatable bonds is 4. The highest BCUT2D eigenvalue weighted by Crippen LogP contribution is 2.44. The Morgan fingerprint density at radius 1 is 1.10 bits per heavy atom. The lowest BCUT2D eigenvalue weighted by Gasteiger charge is -2.41. The number of phenols is 1. The third-order valence-electron chi connectivity index (χ3n) is 10.7. The monoisotopic (exact) mass is 692 g/mol. The zero-order chi connectivity index (χ0) is 34.8. The van der Waals surface area contributed by atoms with E-state index in [1.54, 1.807) is 0 Å². The van der Waals surface area contributed by atoms with Gasteiger partial charge in [0.05, 0.1) is 24.8 Å². The number of nitrogens with one attached hydrogen (secondary N) is 1. The maximum absolute atomic E-state index is 17.2. The minimum atomic E-state index is -0.963. The van der Waals surface area contributed by atoms with Crippen LogP contribution in [0.5, 0.6) is 17.6 Å². The number of amides is 1. The molecule has 2 N–H and O–H groups in total. The number of alkyl carbamates (subject to hydrolysis) is 1. The maximum atomic E-state index is 17.2. The second-order valence-electron chi connectivity index (χ2n) is 14.3. The molecule has 3 saturated heterocycles. The lowest BCUT2D eigenvalue weighted by molar-refractivity contribution is 0.107. The van der Waals surface area contributed by atoms with Crippen LogP contribution in [-0.2, 0) is 11.2 Å². The molecular weight excluding hydrogens is 653 g/mol. The van der Waals surface area contributed by atoms with Crippen molar-refractivity contribution in [2.45, 2.75) is 69.1 Å². The molecule has 50 heavy (non-hydrogen) atoms. The summed E-state index contributed by atoms with van der Waals surface area (Å²) < 4.78 is 65.0. The van der Waals surface area contributed by atoms with Gasteiger partial charge in [0.1, 0.15) is 46.8 Å². The van der Waals surface area contributed by atoms with E-state index in [0.29, 0.717) is 61.9 Å². The van der Waals surface area contributed by atoms with E-state index in [1.807, 2.05) is 11.8 Å². The number of nitrogens with zero attached hydrogens (tertiary/aromatic N) is 5. The summed E-state index contributed by atoms with van der Waals surface area (Å²) in [6.45, 7) is 3.99. The number of fused-ring (bicyclic) bond motifs is 7. The second-order valence-corrected chi connectivity index (χ2v) is 14.3. The molecule has 2 aromatic carbocycles. The number of aromatic nitrogens is 3. The highest BCUT2D eigenvalue weighted by atomic mass is 19.1. The van der Waals surface area contributed by atoms with Gasteiger partial charge in [-0.2, -0.15) is 9.97 Å². The molecule has 5 aliphatic rings. The Hall–Kier alpha value is -4.59. The fourth-order valence-corrected chi connectivity index (χ4v) is 8.52. The number of benzene rings is 2. The second kappa shape index (κ2) is 12.3. The number of carbonyl (C=O) groups excluding carboxylic acids is 1. The molecule has 3 atom stereocenters. The summed E-state index contributed by atoms with van der Waals surface area (Å²) in [5.41, 5.74) is -1.18. The number of hydrogen-bond donors (Lipinski definition) is 2. The summed E-state index contributed by atoms with van der Waals surface area (Å²) in [7, 11) is 1.41. The number of aromatic hydroxyl groups is 1. The number of hydrogen-bond acceptors (Lipinski definition) is 10. The van der Waals surface area contributed by atoms with Crippen LogP contribution in [0.1, 0.15) is 51.0 Å². The van der Waals surface area contributed by atoms with E-state index in [9.17, 15) is 14.3 Å². The van der Waals surface area contributed by atoms with Crippen molar-refractivity contribution < 1.29 is 37.3 Å². The van der Waals surface area contributed by atoms with Gasteiger partial charge in [0, 0.05) is 31.6 Å². The van der Waals surface area contributed by atoms with Gasteiger partial charge in [0.15, 0.2) is 5.82 Å². The van der Waals surface area contributed by atoms with E-state index < -0.39 is 35.0 Å². The van der Waals surface area contributed by atoms with Crippen molar-refractivity contribution >= 4 is 33.6 Å². The average molecular weight is 693 g/mol. The van der Waals surface area contributed by atoms with Gasteiger partial charge in [0.25, 0.3) is 0 Å². The topological polar surface area (TPSA) is 122 Å². The van der Waals surface area contributed by atoms with Crippen LogP contribution in [0.15, 0.2) is 24.3 Å². The Balaban J connectivity index is 1.36. The van der Waals surface area contributed by atoms with Crippen molar-refractivity contribution in [2.24, 2.45) is 0 Å². The van der Waals surface area contributed by atoms with Gasteiger partial charge in [-0.25, -0.2) is 22.9 Å². The quantitative estimate of drug-likeness (QED) is 0.271. The Labute approximate surface area is 286 Å². The summed E-state index contributed by atoms with van der Waals surface area (Å²) in [6.07, 6.45) is 2.22. The number of alkyl halides is 1. The summed E-state index contributed by atoms with van der Waals surface area (Å²) in [5, 5.41) is 14.8. The fourth-order valence-electron chi connectivity index (χ4n) is 8.52. The molecule has 0 aliphatic carbocycles. The van der Waals surface area contributed by atoms with Crippen LogP contribution in [0.3, 0.4) is 0 Å². The first-order valence-electron chi connectivity index (χ1n) is 17.2. The zero-order valence-electron chi connectivity index (χ0n) is 28.0. The molecule has 4 aromatic rings. The number of ether oxygens (including phenoxy) is 3. The normalized spacial score (nSPS) is 25.5. The molecular formula is C36H39F3N6O5. The van der Waals surface area contributed by atoms with Crippen molar-refractivity contribution in [3.05, 3.63) is 41.5 Å². The summed E-state index contributed by atoms with van der Waals surface area (Å²) in [4.78, 5) is 31.1. The molecule has 0 saturated carbocycles. The molecule has 1 amide bonds. The van der Waals surface area contributed by atoms with Gasteiger partial charge in [-0.3, -0.25) is 4.90 Å². The molecule has 264 valence electrons. The lowest BCUT2D eigenvalue weighted by atomic mass is 9.91. The molecule has 11 nitrogen and oxygen atoms in total. The van der Waals surface area contributed by atoms with Crippen molar-refractivity contribution in [3.63, 3.8) is 0 Å². The largest absolute Gasteiger partial charge is 0.508 e. The number of carbonyl (C=O) groups is 1. The Kier molecular flexibility index (Phi) is 8.04. The molecule has 14 heteroatoms. The third-order valence-corrected chi connectivity index (χ3v) is 10.7. The van der Waals surface area contributed by atoms with Gasteiger partial charge in [-0.05, 0) is 86.5 Å². The van der Waals surface area contributed by atoms with Gasteiger partial charge >= 0.3 is 12.1 Å². The van der Waals surface area contributed by atoms with Crippen LogP contribution in [0.25, 0.3) is 32.9 Å². The number of halogens is 3. The summed E-state index contributed by atoms with van der Waals surface area (Å²) in [6, 6.07) is 5.52. The predicted octanol–water partition coefficient (Wildman–Crippen LogP) is 5.82. The standard InChI is InChI=1S/C36H39F3N6O5/c1-35-9-4-11-44(18-35)31-27-30(41-33(42-31)50-19-36-10-5-12-45(36)17-21(37)16-36)28(39)29(40-32(27)48-2)24-15-22(46)14-20-7-8-25(38)23(26(20)24)6-3-13-49-34(47)43-35/h7-8,14-15,21,46H,3-6,9-13,16-19H2,1-2H3,(H,43,47)/t21-,35-,36+/m1/s1. The lowest BCUT2D eigenvalue weighted by Crippen LogP contribution is -2.57. The predicted molar refractivity (Wildman–Crippen MR) is 180 cm³/mol. The van der Waals surface area contributed by atoms with Gasteiger partial charge in [-0.1, -0.05) is 6.07 Å². The van der Waals surface area contributed by atoms with E-state index in [2.05, 4.69) is 20.2 Å². The van der Waals surface area contributed by atoms with Crippen molar-refractivity contribution in [2.75, 3.05) is 51.4 Å². The summed E-state index contributed by atoms with van der Waals surface area (Å²) in [5.74, 6) is -1.21. The SMILES string of the molecule is COc1nc2c(F)c3nc(OC[C@@]45CCCN4C[C@H](F)C5)nc(c13)N1CCC[C@](C)(C1)NC(=O)OCCCc1c(F)ccc3cc(O)cc-2c13. The van der Waals surface area contributed by atoms with E-state index in [-0.39, 0.29) is 65.0 Å². The smallest absolute Gasteiger partial charge is 0.407 e. The molecule has 2 aromatic heterocycles. The first-order chi connectivity index (χ1) is 24.1. The van der Waals surface area contributed by atoms with Gasteiger partial charge in [0.2, 0.25) is 5.88 Å². The molecule has 5 aliphatic heterocycles. The number of piperidine rings is 1. The van der Waals surface area contributed by atoms with E-state index in [0.717, 1.165) is 19.4 Å². The number of anilines is 1. The van der Waals surface area contributed by atoms with Crippen LogP contribution >= 0.6 is 0 Å². The van der Waals surface area contributed by atoms with Crippen LogP contribution in [-0.4, -0.2) is 94.8 Å². The van der Waals surface area contributed by atoms with Crippen LogP contribution in [0.2, 0.25) is 0 Å². The van der Waals surface area contributed by atoms with Gasteiger partial charge < -0.3 is 29.5 Å². The zero-order valence-corrected chi connectivity index (χ0v) is 28.0. The van der Waals surface area contributed by atoms with Gasteiger partial charge in [-0.15, -0.1) is 0 Å². The number of pyridine rings is 1. The van der Waals surface area contributed by atoms with Crippen molar-refractivity contribution in [1.29, 1.82) is 0 Å². The maximum Gasteiger partial charge on any atom is 0.407 e. The fraction of sp³-hybridized carbons (Fsp3) is 0.500. The molecule has 0 radical (unpaired) electrons. The molecule has 7 heterocycles. The van der Waals surface area contributed by atoms with Crippen molar-refractivity contribution in [3.8, 4) is 28.9 Å². The number of methoxy groups -OCH3 is 1. The minimum absolute atomic E-state index is 0.0213. The Morgan fingerprint density at radius 2 is 1.94 bits per heavy atom. The number of phenolic OH excluding ortho intramolecular Hbond substituents is 1. The molecule has 0 spiro atoms. The van der Waals surface area contributed by atoms with Crippen LogP contribution in [0.4, 0.5) is 23.8 Å². The number of aryl methyl sites for hydroxylation is 1. The van der Waals surface area contributed by atoms with Crippen molar-refractivity contribution in [1.82, 2.24) is 25.2 Å². The Morgan fingerprint density at radius 3 is 2.78 bits per heavy atom. The summed E-state index contributed by atoms with van der Waals surface area (Å²) >= 11 is 0. The van der Waals surface area contributed by atoms with Crippen LogP contribution in [0, 0.1) is 11.6 Å². The average Bonchev–Trinajstić information content (AvgIpc) is 3.61. The van der Waals surface area contributed by atoms with E-state index >= 15 is 8.78 Å². The molecule has 0 unspecified atom stereocenters. The highest BCUT2D eigenvalue weighted by Gasteiger charge is 2.49. The highest BCUT2D eigenvalue weighted by molar-refractivity contribution is 6.03. The Bertz CT molecular complexity index is 2020. The first-order valence-corrected chi connectivity index (χ1v) is 17.2. The van der Waals surface area contributed by atoms with E-state index in [4.69, 9.17) is 19.2 Å².